The van der Waals surface area contributed by atoms with E-state index in [0.717, 1.165) is 29.2 Å². The molecule has 2 N–H and O–H groups in total. The van der Waals surface area contributed by atoms with Gasteiger partial charge in [-0.2, -0.15) is 0 Å². The van der Waals surface area contributed by atoms with Crippen LogP contribution in [0.5, 0.6) is 0 Å². The minimum absolute atomic E-state index is 0.157. The van der Waals surface area contributed by atoms with Crippen LogP contribution < -0.4 is 5.32 Å². The van der Waals surface area contributed by atoms with Crippen molar-refractivity contribution in [1.29, 1.82) is 0 Å². The lowest BCUT2D eigenvalue weighted by Gasteiger charge is -2.33. The Morgan fingerprint density at radius 2 is 2.07 bits per heavy atom. The summed E-state index contributed by atoms with van der Waals surface area (Å²) in [5.41, 5.74) is 0.0318. The van der Waals surface area contributed by atoms with Gasteiger partial charge < -0.3 is 10.4 Å². The molecule has 29 heavy (non-hydrogen) atoms. The number of nitrogens with zero attached hydrogens (tertiary/aromatic N) is 1. The van der Waals surface area contributed by atoms with Crippen LogP contribution in [0.2, 0.25) is 5.02 Å². The molecule has 0 aliphatic heterocycles. The highest BCUT2D eigenvalue weighted by Gasteiger charge is 2.34. The first-order valence-corrected chi connectivity index (χ1v) is 10.1. The summed E-state index contributed by atoms with van der Waals surface area (Å²) >= 11 is 6.00. The van der Waals surface area contributed by atoms with Gasteiger partial charge in [0, 0.05) is 34.6 Å². The van der Waals surface area contributed by atoms with Crippen molar-refractivity contribution in [2.45, 2.75) is 37.3 Å². The van der Waals surface area contributed by atoms with Gasteiger partial charge in [0.2, 0.25) is 0 Å². The van der Waals surface area contributed by atoms with E-state index in [-0.39, 0.29) is 11.9 Å². The van der Waals surface area contributed by atoms with Gasteiger partial charge >= 0.3 is 0 Å². The fraction of sp³-hybridized carbons (Fsp3) is 0.250. The normalized spacial score (nSPS) is 21.2. The van der Waals surface area contributed by atoms with E-state index >= 15 is 0 Å². The highest BCUT2D eigenvalue weighted by Crippen LogP contribution is 2.28. The van der Waals surface area contributed by atoms with Crippen LogP contribution in [0.25, 0.3) is 10.8 Å². The molecule has 4 nitrogen and oxygen atoms in total. The van der Waals surface area contributed by atoms with E-state index in [9.17, 15) is 9.90 Å². The van der Waals surface area contributed by atoms with E-state index < -0.39 is 5.60 Å². The Bertz CT molecular complexity index is 1110. The van der Waals surface area contributed by atoms with E-state index in [1.807, 2.05) is 42.5 Å². The fourth-order valence-electron chi connectivity index (χ4n) is 3.80. The number of aromatic nitrogens is 1. The van der Waals surface area contributed by atoms with Crippen molar-refractivity contribution in [3.05, 3.63) is 77.1 Å². The second-order valence-corrected chi connectivity index (χ2v) is 7.88. The minimum atomic E-state index is -1.13. The summed E-state index contributed by atoms with van der Waals surface area (Å²) in [5.74, 6) is 5.79. The predicted octanol–water partition coefficient (Wildman–Crippen LogP) is 4.34. The van der Waals surface area contributed by atoms with Crippen LogP contribution in [-0.4, -0.2) is 27.6 Å². The molecule has 1 aliphatic carbocycles. The smallest absolute Gasteiger partial charge is 0.270 e. The van der Waals surface area contributed by atoms with Gasteiger partial charge in [-0.1, -0.05) is 53.8 Å². The molecule has 1 amide bonds. The number of amides is 1. The Hall–Kier alpha value is -2.87. The van der Waals surface area contributed by atoms with Gasteiger partial charge in [0.1, 0.15) is 11.3 Å². The number of rotatable bonds is 2. The number of carbonyl (C=O) groups excluding carboxylic acids is 1. The number of hydrogen-bond acceptors (Lipinski definition) is 3. The summed E-state index contributed by atoms with van der Waals surface area (Å²) in [5, 5.41) is 16.4. The van der Waals surface area contributed by atoms with Gasteiger partial charge in [0.15, 0.2) is 0 Å². The number of benzene rings is 2. The van der Waals surface area contributed by atoms with Crippen LogP contribution >= 0.6 is 11.6 Å². The molecule has 5 heteroatoms. The highest BCUT2D eigenvalue weighted by atomic mass is 35.5. The lowest BCUT2D eigenvalue weighted by molar-refractivity contribution is 0.0452. The molecule has 1 heterocycles. The number of halogens is 1. The average Bonchev–Trinajstić information content (AvgIpc) is 2.72. The van der Waals surface area contributed by atoms with Crippen molar-refractivity contribution >= 4 is 28.3 Å². The predicted molar refractivity (Wildman–Crippen MR) is 115 cm³/mol. The van der Waals surface area contributed by atoms with Crippen LogP contribution in [0.15, 0.2) is 60.8 Å². The SMILES string of the molecule is O=C(N[C@H]1CCCC(O)(C#Cc2cccc(Cl)c2)C1)c1nccc2ccccc12. The quantitative estimate of drug-likeness (QED) is 0.624. The van der Waals surface area contributed by atoms with Crippen LogP contribution in [0, 0.1) is 11.8 Å². The molecule has 2 atom stereocenters. The number of carbonyl (C=O) groups is 1. The number of hydrogen-bond donors (Lipinski definition) is 2. The summed E-state index contributed by atoms with van der Waals surface area (Å²) in [6, 6.07) is 16.7. The lowest BCUT2D eigenvalue weighted by atomic mass is 9.82. The van der Waals surface area contributed by atoms with Crippen molar-refractivity contribution in [3.8, 4) is 11.8 Å². The Labute approximate surface area is 174 Å². The molecule has 3 aromatic rings. The van der Waals surface area contributed by atoms with Crippen molar-refractivity contribution in [1.82, 2.24) is 10.3 Å². The number of aliphatic hydroxyl groups is 1. The summed E-state index contributed by atoms with van der Waals surface area (Å²) in [6.45, 7) is 0. The Kier molecular flexibility index (Phi) is 5.53. The molecule has 1 saturated carbocycles. The van der Waals surface area contributed by atoms with Crippen LogP contribution in [-0.2, 0) is 0 Å². The zero-order valence-electron chi connectivity index (χ0n) is 15.9. The molecule has 0 spiro atoms. The van der Waals surface area contributed by atoms with E-state index in [4.69, 9.17) is 11.6 Å². The lowest BCUT2D eigenvalue weighted by Crippen LogP contribution is -2.45. The fourth-order valence-corrected chi connectivity index (χ4v) is 3.99. The maximum Gasteiger partial charge on any atom is 0.270 e. The third-order valence-corrected chi connectivity index (χ3v) is 5.45. The van der Waals surface area contributed by atoms with E-state index in [0.29, 0.717) is 23.6 Å². The largest absolute Gasteiger partial charge is 0.378 e. The first kappa shape index (κ1) is 19.4. The number of pyridine rings is 1. The molecule has 1 aliphatic rings. The van der Waals surface area contributed by atoms with Crippen molar-refractivity contribution in [3.63, 3.8) is 0 Å². The van der Waals surface area contributed by atoms with Crippen molar-refractivity contribution in [2.75, 3.05) is 0 Å². The molecule has 0 saturated heterocycles. The molecule has 2 aromatic carbocycles. The number of nitrogens with one attached hydrogen (secondary N) is 1. The van der Waals surface area contributed by atoms with Gasteiger partial charge in [0.05, 0.1) is 0 Å². The summed E-state index contributed by atoms with van der Waals surface area (Å²) in [7, 11) is 0. The van der Waals surface area contributed by atoms with Gasteiger partial charge in [-0.25, -0.2) is 0 Å². The Morgan fingerprint density at radius 1 is 1.21 bits per heavy atom. The summed E-state index contributed by atoms with van der Waals surface area (Å²) < 4.78 is 0. The summed E-state index contributed by atoms with van der Waals surface area (Å²) in [6.07, 6.45) is 4.20. The zero-order valence-corrected chi connectivity index (χ0v) is 16.6. The molecule has 0 radical (unpaired) electrons. The van der Waals surface area contributed by atoms with E-state index in [1.54, 1.807) is 18.3 Å². The molecule has 1 fully saturated rings. The van der Waals surface area contributed by atoms with Crippen molar-refractivity contribution < 1.29 is 9.90 Å². The third kappa shape index (κ3) is 4.59. The number of fused-ring (bicyclic) bond motifs is 1. The molecular formula is C24H21ClN2O2. The first-order chi connectivity index (χ1) is 14.0. The van der Waals surface area contributed by atoms with Crippen LogP contribution in [0.3, 0.4) is 0 Å². The van der Waals surface area contributed by atoms with Gasteiger partial charge in [-0.15, -0.1) is 0 Å². The molecule has 4 rings (SSSR count). The molecule has 146 valence electrons. The van der Waals surface area contributed by atoms with Crippen molar-refractivity contribution in [2.24, 2.45) is 0 Å². The van der Waals surface area contributed by atoms with Gasteiger partial charge in [-0.05, 0) is 48.9 Å². The standard InChI is InChI=1S/C24H21ClN2O2/c25-19-7-3-5-17(15-19)10-13-24(29)12-4-8-20(16-24)27-23(28)22-21-9-2-1-6-18(21)11-14-26-22/h1-3,5-7,9,11,14-15,20,29H,4,8,12,16H2,(H,27,28)/t20-,24?/m0/s1. The van der Waals surface area contributed by atoms with Gasteiger partial charge in [-0.3, -0.25) is 9.78 Å². The third-order valence-electron chi connectivity index (χ3n) is 5.22. The molecule has 1 unspecified atom stereocenters. The molecule has 1 aromatic heterocycles. The monoisotopic (exact) mass is 404 g/mol. The van der Waals surface area contributed by atoms with E-state index in [1.165, 1.54) is 0 Å². The second kappa shape index (κ2) is 8.24. The summed E-state index contributed by atoms with van der Waals surface area (Å²) in [4.78, 5) is 17.1. The maximum absolute atomic E-state index is 12.8. The second-order valence-electron chi connectivity index (χ2n) is 7.44. The Balaban J connectivity index is 1.49. The average molecular weight is 405 g/mol. The van der Waals surface area contributed by atoms with Crippen LogP contribution in [0.4, 0.5) is 0 Å². The van der Waals surface area contributed by atoms with E-state index in [2.05, 4.69) is 22.1 Å². The van der Waals surface area contributed by atoms with Gasteiger partial charge in [0.25, 0.3) is 5.91 Å². The maximum atomic E-state index is 12.8. The zero-order chi connectivity index (χ0) is 20.3. The molecular weight excluding hydrogens is 384 g/mol. The first-order valence-electron chi connectivity index (χ1n) is 9.68. The minimum Gasteiger partial charge on any atom is -0.378 e. The van der Waals surface area contributed by atoms with Crippen LogP contribution in [0.1, 0.15) is 41.7 Å². The Morgan fingerprint density at radius 3 is 2.93 bits per heavy atom. The molecule has 0 bridgehead atoms. The topological polar surface area (TPSA) is 62.2 Å². The highest BCUT2D eigenvalue weighted by molar-refractivity contribution is 6.30.